The number of rotatable bonds is 9. The fourth-order valence-corrected chi connectivity index (χ4v) is 1.23. The highest BCUT2D eigenvalue weighted by Gasteiger charge is 2.60. The highest BCUT2D eigenvalue weighted by molar-refractivity contribution is 4.69. The molecule has 124 valence electrons. The summed E-state index contributed by atoms with van der Waals surface area (Å²) in [7, 11) is 0. The van der Waals surface area contributed by atoms with E-state index in [1.807, 2.05) is 0 Å². The maximum Gasteiger partial charge on any atom is 0.478 e. The van der Waals surface area contributed by atoms with Crippen molar-refractivity contribution < 1.29 is 24.7 Å². The van der Waals surface area contributed by atoms with Crippen LogP contribution in [0, 0.1) is 50.6 Å². The summed E-state index contributed by atoms with van der Waals surface area (Å²) in [6, 6.07) is 0. The minimum atomic E-state index is -3.07. The first-order valence-corrected chi connectivity index (χ1v) is 5.26. The summed E-state index contributed by atoms with van der Waals surface area (Å²) >= 11 is 0. The fourth-order valence-electron chi connectivity index (χ4n) is 1.23. The molecule has 0 atom stereocenters. The molecule has 0 saturated carbocycles. The van der Waals surface area contributed by atoms with Gasteiger partial charge >= 0.3 is 11.3 Å². The van der Waals surface area contributed by atoms with Gasteiger partial charge in [-0.15, -0.1) is 0 Å². The number of nitrogens with zero attached hydrogens (tertiary/aromatic N) is 6. The Kier molecular flexibility index (Phi) is 5.18. The van der Waals surface area contributed by atoms with Crippen LogP contribution >= 0.6 is 0 Å². The number of hydrazine groups is 1. The molecular weight excluding hydrogens is 316 g/mol. The van der Waals surface area contributed by atoms with Gasteiger partial charge in [-0.25, -0.2) is 10.1 Å². The lowest BCUT2D eigenvalue weighted by molar-refractivity contribution is -0.821. The van der Waals surface area contributed by atoms with E-state index >= 15 is 0 Å². The first-order valence-electron chi connectivity index (χ1n) is 5.26. The van der Waals surface area contributed by atoms with Crippen molar-refractivity contribution in [1.82, 2.24) is 5.01 Å². The Morgan fingerprint density at radius 1 is 0.682 bits per heavy atom. The van der Waals surface area contributed by atoms with Crippen LogP contribution in [0.4, 0.5) is 0 Å². The lowest BCUT2D eigenvalue weighted by Gasteiger charge is -2.20. The van der Waals surface area contributed by atoms with Crippen LogP contribution in [-0.4, -0.2) is 54.1 Å². The molecule has 16 nitrogen and oxygen atoms in total. The van der Waals surface area contributed by atoms with Crippen LogP contribution in [0.25, 0.3) is 0 Å². The zero-order valence-corrected chi connectivity index (χ0v) is 11.2. The zero-order valence-electron chi connectivity index (χ0n) is 11.2. The molecule has 0 bridgehead atoms. The molecule has 0 aromatic carbocycles. The smallest absolute Gasteiger partial charge is 0.258 e. The van der Waals surface area contributed by atoms with Gasteiger partial charge in [0.15, 0.2) is 5.03 Å². The zero-order chi connectivity index (χ0) is 17.9. The van der Waals surface area contributed by atoms with Crippen LogP contribution in [0.3, 0.4) is 0 Å². The summed E-state index contributed by atoms with van der Waals surface area (Å²) < 4.78 is 0. The highest BCUT2D eigenvalue weighted by atomic mass is 16.7. The van der Waals surface area contributed by atoms with Crippen molar-refractivity contribution in [2.45, 2.75) is 25.2 Å². The largest absolute Gasteiger partial charge is 0.478 e. The fraction of sp³-hybridized carbons (Fsp3) is 1.00. The van der Waals surface area contributed by atoms with E-state index < -0.39 is 49.1 Å². The van der Waals surface area contributed by atoms with Crippen LogP contribution < -0.4 is 0 Å². The van der Waals surface area contributed by atoms with Crippen molar-refractivity contribution in [1.29, 1.82) is 0 Å². The molecule has 0 N–H and O–H groups in total. The van der Waals surface area contributed by atoms with Crippen LogP contribution in [0.1, 0.15) is 13.8 Å². The van der Waals surface area contributed by atoms with Crippen molar-refractivity contribution in [3.05, 3.63) is 50.6 Å². The van der Waals surface area contributed by atoms with Gasteiger partial charge in [-0.1, -0.05) is 5.01 Å². The van der Waals surface area contributed by atoms with Gasteiger partial charge < -0.3 is 0 Å². The Morgan fingerprint density at radius 2 is 0.909 bits per heavy atom. The van der Waals surface area contributed by atoms with Gasteiger partial charge in [0.1, 0.15) is 19.7 Å². The van der Waals surface area contributed by atoms with Crippen LogP contribution in [-0.2, 0) is 0 Å². The van der Waals surface area contributed by atoms with E-state index in [9.17, 15) is 50.6 Å². The SMILES string of the molecule is CC(CN(CC(C)([N+](=O)[O-])[N+](=O)[O-])[N+](=O)[O-])([N+](=O)[O-])[N+](=O)[O-]. The standard InChI is InChI=1S/C6H10N6O10/c1-5(8(13)14,9(15)16)3-7(12(21)22)4-6(2,10(17)18)11(19)20/h3-4H2,1-2H3. The maximum atomic E-state index is 10.8. The average molecular weight is 326 g/mol. The molecule has 0 radical (unpaired) electrons. The second-order valence-corrected chi connectivity index (χ2v) is 4.52. The molecular formula is C6H10N6O10. The van der Waals surface area contributed by atoms with Crippen LogP contribution in [0.2, 0.25) is 0 Å². The van der Waals surface area contributed by atoms with Gasteiger partial charge in [0.05, 0.1) is 13.8 Å². The molecule has 0 aromatic rings. The lowest BCUT2D eigenvalue weighted by atomic mass is 10.2. The number of hydrogen-bond acceptors (Lipinski definition) is 10. The summed E-state index contributed by atoms with van der Waals surface area (Å²) in [5, 5.41) is 51.9. The van der Waals surface area contributed by atoms with Crippen molar-refractivity contribution in [3.8, 4) is 0 Å². The topological polar surface area (TPSA) is 219 Å². The van der Waals surface area contributed by atoms with E-state index in [0.717, 1.165) is 0 Å². The van der Waals surface area contributed by atoms with E-state index in [-0.39, 0.29) is 5.01 Å². The molecule has 22 heavy (non-hydrogen) atoms. The second-order valence-electron chi connectivity index (χ2n) is 4.52. The Labute approximate surface area is 120 Å². The summed E-state index contributed by atoms with van der Waals surface area (Å²) in [6.45, 7) is -2.12. The maximum absolute atomic E-state index is 10.8. The molecule has 0 rings (SSSR count). The monoisotopic (exact) mass is 326 g/mol. The molecule has 16 heteroatoms. The predicted molar refractivity (Wildman–Crippen MR) is 63.4 cm³/mol. The quantitative estimate of drug-likeness (QED) is 0.284. The molecule has 0 spiro atoms. The first-order chi connectivity index (χ1) is 9.79. The molecule has 0 amide bonds. The highest BCUT2D eigenvalue weighted by Crippen LogP contribution is 2.17. The third-order valence-electron chi connectivity index (χ3n) is 2.77. The van der Waals surface area contributed by atoms with Gasteiger partial charge in [-0.05, 0) is 0 Å². The lowest BCUT2D eigenvalue weighted by Crippen LogP contribution is -2.59. The van der Waals surface area contributed by atoms with Gasteiger partial charge in [0, 0.05) is 0 Å². The van der Waals surface area contributed by atoms with E-state index in [4.69, 9.17) is 0 Å². The molecule has 0 heterocycles. The normalized spacial score (nSPS) is 11.5. The summed E-state index contributed by atoms with van der Waals surface area (Å²) in [6.07, 6.45) is 0. The third kappa shape index (κ3) is 3.46. The minimum absolute atomic E-state index is 0.294. The molecule has 0 saturated heterocycles. The molecule has 0 aliphatic rings. The Bertz CT molecular complexity index is 464. The second kappa shape index (κ2) is 6.06. The van der Waals surface area contributed by atoms with E-state index in [1.54, 1.807) is 0 Å². The minimum Gasteiger partial charge on any atom is -0.258 e. The van der Waals surface area contributed by atoms with Gasteiger partial charge in [0.25, 0.3) is 0 Å². The Hall–Kier alpha value is -3.20. The van der Waals surface area contributed by atoms with Crippen molar-refractivity contribution in [2.24, 2.45) is 0 Å². The molecule has 0 aromatic heterocycles. The molecule has 0 aliphatic heterocycles. The summed E-state index contributed by atoms with van der Waals surface area (Å²) in [4.78, 5) is 47.9. The van der Waals surface area contributed by atoms with E-state index in [1.165, 1.54) is 0 Å². The summed E-state index contributed by atoms with van der Waals surface area (Å²) in [5.41, 5.74) is -6.14. The van der Waals surface area contributed by atoms with Gasteiger partial charge in [-0.2, -0.15) is 0 Å². The Morgan fingerprint density at radius 3 is 1.05 bits per heavy atom. The van der Waals surface area contributed by atoms with Crippen molar-refractivity contribution in [2.75, 3.05) is 13.1 Å². The third-order valence-corrected chi connectivity index (χ3v) is 2.77. The summed E-state index contributed by atoms with van der Waals surface area (Å²) in [5.74, 6) is 0. The molecule has 0 unspecified atom stereocenters. The first kappa shape index (κ1) is 18.8. The van der Waals surface area contributed by atoms with E-state index in [2.05, 4.69) is 0 Å². The van der Waals surface area contributed by atoms with Crippen LogP contribution in [0.15, 0.2) is 0 Å². The predicted octanol–water partition coefficient (Wildman–Crippen LogP) is -0.981. The van der Waals surface area contributed by atoms with Gasteiger partial charge in [0.2, 0.25) is 13.1 Å². The van der Waals surface area contributed by atoms with Crippen molar-refractivity contribution in [3.63, 3.8) is 0 Å². The molecule has 0 aliphatic carbocycles. The molecule has 0 fully saturated rings. The Balaban J connectivity index is 5.65. The van der Waals surface area contributed by atoms with Gasteiger partial charge in [-0.3, -0.25) is 40.5 Å². The number of nitro groups is 5. The van der Waals surface area contributed by atoms with Crippen LogP contribution in [0.5, 0.6) is 0 Å². The van der Waals surface area contributed by atoms with Crippen molar-refractivity contribution >= 4 is 0 Å². The number of hydrogen-bond donors (Lipinski definition) is 0. The average Bonchev–Trinajstić information content (AvgIpc) is 2.36. The van der Waals surface area contributed by atoms with E-state index in [0.29, 0.717) is 13.8 Å².